The largest absolute Gasteiger partial charge is 0.147 e. The minimum absolute atomic E-state index is 0. The number of benzene rings is 2. The second-order valence-electron chi connectivity index (χ2n) is 9.22. The first-order chi connectivity index (χ1) is 16.0. The summed E-state index contributed by atoms with van der Waals surface area (Å²) in [5.74, 6) is 0. The van der Waals surface area contributed by atoms with Crippen molar-refractivity contribution in [1.29, 1.82) is 0 Å². The van der Waals surface area contributed by atoms with Crippen LogP contribution in [0.1, 0.15) is 50.7 Å². The van der Waals surface area contributed by atoms with E-state index in [2.05, 4.69) is 113 Å². The maximum absolute atomic E-state index is 2.47. The van der Waals surface area contributed by atoms with Gasteiger partial charge in [0.25, 0.3) is 0 Å². The Morgan fingerprint density at radius 2 is 1.00 bits per heavy atom. The molecule has 0 nitrogen and oxygen atoms in total. The minimum Gasteiger partial charge on any atom is -0.147 e. The van der Waals surface area contributed by atoms with Crippen LogP contribution >= 0.6 is 24.8 Å². The number of fused-ring (bicyclic) bond motifs is 2. The first kappa shape index (κ1) is 34.6. The monoisotopic (exact) mass is 620 g/mol. The van der Waals surface area contributed by atoms with Crippen molar-refractivity contribution in [2.45, 2.75) is 78.6 Å². The second kappa shape index (κ2) is 19.6. The van der Waals surface area contributed by atoms with Crippen molar-refractivity contribution in [3.8, 4) is 0 Å². The van der Waals surface area contributed by atoms with Gasteiger partial charge in [0.15, 0.2) is 0 Å². The summed E-state index contributed by atoms with van der Waals surface area (Å²) < 4.78 is 0. The average molecular weight is 623 g/mol. The van der Waals surface area contributed by atoms with Crippen LogP contribution in [0.4, 0.5) is 0 Å². The van der Waals surface area contributed by atoms with E-state index in [4.69, 9.17) is 0 Å². The Hall–Kier alpha value is -0.443. The fourth-order valence-electron chi connectivity index (χ4n) is 4.10. The van der Waals surface area contributed by atoms with Crippen LogP contribution < -0.4 is 0 Å². The van der Waals surface area contributed by atoms with Crippen molar-refractivity contribution in [2.75, 3.05) is 0 Å². The maximum atomic E-state index is 2.47. The molecule has 0 bridgehead atoms. The van der Waals surface area contributed by atoms with E-state index in [0.29, 0.717) is 0 Å². The van der Waals surface area contributed by atoms with E-state index in [1.54, 1.807) is 0 Å². The molecule has 0 N–H and O–H groups in total. The van der Waals surface area contributed by atoms with Crippen LogP contribution in [-0.2, 0) is 33.3 Å². The molecule has 0 aliphatic carbocycles. The summed E-state index contributed by atoms with van der Waals surface area (Å²) in [6, 6.07) is 26.2. The van der Waals surface area contributed by atoms with Crippen LogP contribution in [0.2, 0.25) is 26.2 Å². The molecule has 0 spiro atoms. The van der Waals surface area contributed by atoms with Gasteiger partial charge >= 0.3 is 57.5 Å². The smallest absolute Gasteiger partial charge is 0.147 e. The Morgan fingerprint density at radius 1 is 0.629 bits per heavy atom. The van der Waals surface area contributed by atoms with Crippen molar-refractivity contribution in [2.24, 2.45) is 0 Å². The van der Waals surface area contributed by atoms with Gasteiger partial charge in [0.05, 0.1) is 0 Å². The number of aryl methyl sites for hydroxylation is 2. The average Bonchev–Trinajstić information content (AvgIpc) is 3.40. The van der Waals surface area contributed by atoms with E-state index in [1.807, 2.05) is 0 Å². The molecule has 0 aliphatic heterocycles. The molecule has 0 fully saturated rings. The molecule has 4 aromatic carbocycles. The summed E-state index contributed by atoms with van der Waals surface area (Å²) in [5.41, 5.74) is 3.59. The Bertz CT molecular complexity index is 1090. The summed E-state index contributed by atoms with van der Waals surface area (Å²) in [5, 5.41) is 5.65. The predicted molar refractivity (Wildman–Crippen MR) is 166 cm³/mol. The second-order valence-corrected chi connectivity index (χ2v) is 34.5. The van der Waals surface area contributed by atoms with Crippen molar-refractivity contribution >= 4 is 57.2 Å². The van der Waals surface area contributed by atoms with Gasteiger partial charge in [-0.05, 0) is 0 Å². The maximum Gasteiger partial charge on any atom is -0.147 e. The van der Waals surface area contributed by atoms with E-state index in [0.717, 1.165) is 0 Å². The molecule has 0 radical (unpaired) electrons. The topological polar surface area (TPSA) is 0 Å². The normalized spacial score (nSPS) is 9.54. The van der Waals surface area contributed by atoms with Gasteiger partial charge in [0.1, 0.15) is 0 Å². The van der Waals surface area contributed by atoms with Gasteiger partial charge < -0.3 is 0 Å². The van der Waals surface area contributed by atoms with Crippen LogP contribution in [0.5, 0.6) is 0 Å². The molecule has 4 aromatic rings. The molecule has 35 heavy (non-hydrogen) atoms. The summed E-state index contributed by atoms with van der Waals surface area (Å²) >= 11 is 0.243. The van der Waals surface area contributed by atoms with Crippen LogP contribution in [0.15, 0.2) is 72.8 Å². The van der Waals surface area contributed by atoms with Gasteiger partial charge in [-0.25, -0.2) is 0 Å². The van der Waals surface area contributed by atoms with E-state index in [9.17, 15) is 0 Å². The summed E-state index contributed by atoms with van der Waals surface area (Å²) in [6.45, 7) is 14.3. The molecule has 0 unspecified atom stereocenters. The molecule has 0 aliphatic rings. The fourth-order valence-corrected chi connectivity index (χ4v) is 30.2. The Kier molecular flexibility index (Phi) is 19.4. The molecular weight excluding hydrogens is 579 g/mol. The minimum atomic E-state index is 0. The van der Waals surface area contributed by atoms with E-state index >= 15 is 0 Å². The van der Waals surface area contributed by atoms with Gasteiger partial charge in [0.2, 0.25) is 0 Å². The third-order valence-electron chi connectivity index (χ3n) is 5.64. The summed E-state index contributed by atoms with van der Waals surface area (Å²) in [6.07, 6.45) is 7.61. The van der Waals surface area contributed by atoms with Crippen molar-refractivity contribution in [3.05, 3.63) is 83.9 Å². The molecule has 5 heteroatoms. The van der Waals surface area contributed by atoms with E-state index < -0.39 is 0 Å². The molecule has 0 aromatic heterocycles. The number of hydrogen-bond acceptors (Lipinski definition) is 0. The van der Waals surface area contributed by atoms with E-state index in [1.165, 1.54) is 71.2 Å². The van der Waals surface area contributed by atoms with Crippen molar-refractivity contribution < 1.29 is 20.5 Å². The van der Waals surface area contributed by atoms with Crippen LogP contribution in [0.3, 0.4) is 0 Å². The quantitative estimate of drug-likeness (QED) is 0.148. The van der Waals surface area contributed by atoms with Gasteiger partial charge in [-0.1, -0.05) is 64.5 Å². The van der Waals surface area contributed by atoms with Gasteiger partial charge in [-0.2, -0.15) is 11.1 Å². The number of halogens is 2. The molecule has 192 valence electrons. The molecule has 4 rings (SSSR count). The number of unbranched alkanes of at least 4 members (excludes halogenated alkanes) is 2. The molecular formula is C30H44Cl2Si2Zr-2. The fraction of sp³-hybridized carbons (Fsp3) is 0.400. The number of hydrogen-bond donors (Lipinski definition) is 0. The zero-order chi connectivity index (χ0) is 24.1. The molecule has 0 saturated carbocycles. The first-order valence-electron chi connectivity index (χ1n) is 12.6. The Labute approximate surface area is 238 Å². The Balaban J connectivity index is 0.000000506. The summed E-state index contributed by atoms with van der Waals surface area (Å²) in [4.78, 5) is 0. The van der Waals surface area contributed by atoms with Gasteiger partial charge in [0, 0.05) is 0 Å². The molecule has 0 heterocycles. The molecule has 0 atom stereocenters. The van der Waals surface area contributed by atoms with E-state index in [-0.39, 0.29) is 56.1 Å². The van der Waals surface area contributed by atoms with Crippen LogP contribution in [-0.4, -0.2) is 10.9 Å². The first-order valence-corrected chi connectivity index (χ1v) is 25.0. The summed E-state index contributed by atoms with van der Waals surface area (Å²) in [7, 11) is 0. The van der Waals surface area contributed by atoms with Gasteiger partial charge in [-0.3, -0.25) is 0 Å². The Morgan fingerprint density at radius 3 is 1.31 bits per heavy atom. The third-order valence-corrected chi connectivity index (χ3v) is 31.8. The zero-order valence-corrected chi connectivity index (χ0v) is 28.6. The number of rotatable bonds is 6. The van der Waals surface area contributed by atoms with Crippen LogP contribution in [0.25, 0.3) is 21.5 Å². The predicted octanol–water partition coefficient (Wildman–Crippen LogP) is 10.2. The molecule has 0 amide bonds. The van der Waals surface area contributed by atoms with Crippen LogP contribution in [0, 0.1) is 0 Å². The van der Waals surface area contributed by atoms with Gasteiger partial charge in [-0.15, -0.1) is 107 Å². The van der Waals surface area contributed by atoms with Crippen molar-refractivity contribution in [3.63, 3.8) is 0 Å². The zero-order valence-electron chi connectivity index (χ0n) is 22.5. The standard InChI is InChI=1S/2C13H15.2C2H6Si.2ClH.Zr/c2*1-2-3-6-11-9-10-12-7-4-5-8-13(11)12;2*1-3-2;;;/h2*4-5,7-10H,2-3,6H2,1H3;2*1-2H3;2*1H;/q2*-1;;;;;. The van der Waals surface area contributed by atoms with Crippen molar-refractivity contribution in [1.82, 2.24) is 0 Å². The molecule has 0 saturated heterocycles. The third kappa shape index (κ3) is 12.6. The SMILES string of the molecule is CCCCc1c[cH-]c2ccccc12.CCCCc1c[cH-]c2ccccc12.C[Si](C)=[Zr]=[Si](C)C.Cl.Cl.